The number of rotatable bonds is 2. The molecule has 1 heterocycles. The maximum Gasteiger partial charge on any atom is 0.241 e. The van der Waals surface area contributed by atoms with E-state index < -0.39 is 0 Å². The van der Waals surface area contributed by atoms with Crippen LogP contribution in [0.2, 0.25) is 0 Å². The van der Waals surface area contributed by atoms with Gasteiger partial charge in [0.25, 0.3) is 0 Å². The van der Waals surface area contributed by atoms with Crippen LogP contribution in [0, 0.1) is 5.82 Å². The van der Waals surface area contributed by atoms with Crippen molar-refractivity contribution in [1.29, 1.82) is 0 Å². The summed E-state index contributed by atoms with van der Waals surface area (Å²) in [6.07, 6.45) is 0. The van der Waals surface area contributed by atoms with Crippen molar-refractivity contribution in [3.05, 3.63) is 24.0 Å². The second-order valence-electron chi connectivity index (χ2n) is 4.07. The van der Waals surface area contributed by atoms with Crippen LogP contribution in [0.5, 0.6) is 0 Å². The monoisotopic (exact) mass is 254 g/mol. The summed E-state index contributed by atoms with van der Waals surface area (Å²) < 4.78 is 13.1. The molecule has 0 bridgehead atoms. The van der Waals surface area contributed by atoms with E-state index in [-0.39, 0.29) is 17.8 Å². The molecule has 17 heavy (non-hydrogen) atoms. The molecule has 0 radical (unpaired) electrons. The molecule has 1 aromatic rings. The number of carbonyl (C=O) groups is 1. The van der Waals surface area contributed by atoms with Gasteiger partial charge in [0.2, 0.25) is 5.91 Å². The van der Waals surface area contributed by atoms with Gasteiger partial charge in [-0.1, -0.05) is 0 Å². The van der Waals surface area contributed by atoms with E-state index in [0.29, 0.717) is 6.54 Å². The molecule has 0 spiro atoms. The Labute approximate surface area is 104 Å². The highest BCUT2D eigenvalue weighted by Gasteiger charge is 2.28. The lowest BCUT2D eigenvalue weighted by Crippen LogP contribution is -2.46. The molecule has 1 amide bonds. The lowest BCUT2D eigenvalue weighted by molar-refractivity contribution is -0.118. The Hall–Kier alpha value is -1.07. The lowest BCUT2D eigenvalue weighted by Gasteiger charge is -2.34. The van der Waals surface area contributed by atoms with Gasteiger partial charge in [-0.3, -0.25) is 4.79 Å². The minimum atomic E-state index is -0.258. The van der Waals surface area contributed by atoms with E-state index in [1.165, 1.54) is 12.1 Å². The number of nitrogens with one attached hydrogen (secondary N) is 1. The molecule has 0 aromatic heterocycles. The van der Waals surface area contributed by atoms with Gasteiger partial charge in [-0.2, -0.15) is 0 Å². The molecule has 1 aromatic carbocycles. The number of fused-ring (bicyclic) bond motifs is 1. The predicted molar refractivity (Wildman–Crippen MR) is 68.0 cm³/mol. The molecule has 3 nitrogen and oxygen atoms in total. The molecule has 0 aliphatic carbocycles. The van der Waals surface area contributed by atoms with Gasteiger partial charge < -0.3 is 10.2 Å². The number of hydrogen-bond acceptors (Lipinski definition) is 3. The van der Waals surface area contributed by atoms with Gasteiger partial charge in [-0.25, -0.2) is 4.39 Å². The summed E-state index contributed by atoms with van der Waals surface area (Å²) in [5.74, 6) is 0.561. The Bertz CT molecular complexity index is 439. The van der Waals surface area contributed by atoms with Crippen LogP contribution in [-0.2, 0) is 4.79 Å². The quantitative estimate of drug-likeness (QED) is 0.874. The molecule has 1 atom stereocenters. The smallest absolute Gasteiger partial charge is 0.241 e. The fourth-order valence-corrected chi connectivity index (χ4v) is 3.02. The molecule has 92 valence electrons. The van der Waals surface area contributed by atoms with Crippen molar-refractivity contribution in [3.8, 4) is 0 Å². The average molecular weight is 254 g/mol. The summed E-state index contributed by atoms with van der Waals surface area (Å²) in [6, 6.07) is 4.71. The highest BCUT2D eigenvalue weighted by molar-refractivity contribution is 7.99. The van der Waals surface area contributed by atoms with Crippen LogP contribution in [-0.4, -0.2) is 31.3 Å². The molecule has 0 fully saturated rings. The molecule has 1 aliphatic rings. The maximum absolute atomic E-state index is 13.1. The molecule has 0 saturated heterocycles. The third kappa shape index (κ3) is 2.45. The van der Waals surface area contributed by atoms with Gasteiger partial charge in [0.15, 0.2) is 0 Å². The molecule has 1 aliphatic heterocycles. The topological polar surface area (TPSA) is 32.3 Å². The second-order valence-corrected chi connectivity index (χ2v) is 5.13. The zero-order valence-corrected chi connectivity index (χ0v) is 10.7. The molecule has 5 heteroatoms. The first-order valence-electron chi connectivity index (χ1n) is 5.52. The summed E-state index contributed by atoms with van der Waals surface area (Å²) >= 11 is 1.60. The van der Waals surface area contributed by atoms with Crippen molar-refractivity contribution < 1.29 is 9.18 Å². The number of benzene rings is 1. The van der Waals surface area contributed by atoms with Crippen LogP contribution in [0.1, 0.15) is 6.92 Å². The van der Waals surface area contributed by atoms with Crippen molar-refractivity contribution >= 4 is 23.4 Å². The SMILES string of the molecule is CNCC(=O)N1c2ccc(F)cc2SCC1C. The van der Waals surface area contributed by atoms with E-state index in [1.807, 2.05) is 6.92 Å². The van der Waals surface area contributed by atoms with Crippen molar-refractivity contribution in [2.75, 3.05) is 24.2 Å². The molecule has 0 saturated carbocycles. The van der Waals surface area contributed by atoms with Crippen LogP contribution in [0.4, 0.5) is 10.1 Å². The summed E-state index contributed by atoms with van der Waals surface area (Å²) in [7, 11) is 1.74. The van der Waals surface area contributed by atoms with Crippen molar-refractivity contribution in [1.82, 2.24) is 5.32 Å². The Morgan fingerprint density at radius 2 is 2.41 bits per heavy atom. The minimum absolute atomic E-state index is 0.0214. The average Bonchev–Trinajstić information content (AvgIpc) is 2.29. The van der Waals surface area contributed by atoms with Crippen molar-refractivity contribution in [2.24, 2.45) is 0 Å². The minimum Gasteiger partial charge on any atom is -0.311 e. The van der Waals surface area contributed by atoms with Crippen LogP contribution >= 0.6 is 11.8 Å². The number of anilines is 1. The first-order valence-corrected chi connectivity index (χ1v) is 6.51. The number of hydrogen-bond donors (Lipinski definition) is 1. The predicted octanol–water partition coefficient (Wildman–Crippen LogP) is 1.87. The van der Waals surface area contributed by atoms with E-state index in [9.17, 15) is 9.18 Å². The van der Waals surface area contributed by atoms with E-state index in [1.54, 1.807) is 29.8 Å². The zero-order valence-electron chi connectivity index (χ0n) is 9.87. The van der Waals surface area contributed by atoms with Crippen LogP contribution in [0.25, 0.3) is 0 Å². The van der Waals surface area contributed by atoms with E-state index >= 15 is 0 Å². The molecule has 2 rings (SSSR count). The van der Waals surface area contributed by atoms with Gasteiger partial charge in [0.1, 0.15) is 5.82 Å². The van der Waals surface area contributed by atoms with Crippen LogP contribution in [0.3, 0.4) is 0 Å². The Morgan fingerprint density at radius 1 is 1.65 bits per heavy atom. The third-order valence-electron chi connectivity index (χ3n) is 2.70. The molecular formula is C12H15FN2OS. The van der Waals surface area contributed by atoms with Crippen molar-refractivity contribution in [3.63, 3.8) is 0 Å². The molecule has 1 unspecified atom stereocenters. The Kier molecular flexibility index (Phi) is 3.69. The fraction of sp³-hybridized carbons (Fsp3) is 0.417. The third-order valence-corrected chi connectivity index (χ3v) is 3.99. The summed E-state index contributed by atoms with van der Waals surface area (Å²) in [4.78, 5) is 14.6. The highest BCUT2D eigenvalue weighted by atomic mass is 32.2. The van der Waals surface area contributed by atoms with E-state index in [4.69, 9.17) is 0 Å². The van der Waals surface area contributed by atoms with Crippen LogP contribution in [0.15, 0.2) is 23.1 Å². The summed E-state index contributed by atoms with van der Waals surface area (Å²) in [6.45, 7) is 2.30. The number of carbonyl (C=O) groups excluding carboxylic acids is 1. The van der Waals surface area contributed by atoms with Crippen molar-refractivity contribution in [2.45, 2.75) is 17.9 Å². The first kappa shape index (κ1) is 12.4. The zero-order chi connectivity index (χ0) is 12.4. The van der Waals surface area contributed by atoms with Gasteiger partial charge in [-0.05, 0) is 32.2 Å². The summed E-state index contributed by atoms with van der Waals surface area (Å²) in [5, 5.41) is 2.86. The van der Waals surface area contributed by atoms with E-state index in [0.717, 1.165) is 16.3 Å². The second kappa shape index (κ2) is 5.06. The number of thioether (sulfide) groups is 1. The fourth-order valence-electron chi connectivity index (χ4n) is 1.94. The number of amides is 1. The number of halogens is 1. The largest absolute Gasteiger partial charge is 0.311 e. The van der Waals surface area contributed by atoms with Crippen LogP contribution < -0.4 is 10.2 Å². The lowest BCUT2D eigenvalue weighted by atomic mass is 10.2. The van der Waals surface area contributed by atoms with Gasteiger partial charge in [0, 0.05) is 16.7 Å². The highest BCUT2D eigenvalue weighted by Crippen LogP contribution is 2.37. The standard InChI is InChI=1S/C12H15FN2OS/c1-8-7-17-11-5-9(13)3-4-10(11)15(8)12(16)6-14-2/h3-5,8,14H,6-7H2,1-2H3. The van der Waals surface area contributed by atoms with E-state index in [2.05, 4.69) is 5.32 Å². The summed E-state index contributed by atoms with van der Waals surface area (Å²) in [5.41, 5.74) is 0.815. The maximum atomic E-state index is 13.1. The normalized spacial score (nSPS) is 19.0. The van der Waals surface area contributed by atoms with Gasteiger partial charge in [0.05, 0.1) is 12.2 Å². The first-order chi connectivity index (χ1) is 8.13. The molecule has 1 N–H and O–H groups in total. The number of nitrogens with zero attached hydrogens (tertiary/aromatic N) is 1. The number of likely N-dealkylation sites (N-methyl/N-ethyl adjacent to an activating group) is 1. The Morgan fingerprint density at radius 3 is 3.12 bits per heavy atom. The molecular weight excluding hydrogens is 239 g/mol. The van der Waals surface area contributed by atoms with Gasteiger partial charge >= 0.3 is 0 Å². The Balaban J connectivity index is 2.36. The van der Waals surface area contributed by atoms with Gasteiger partial charge in [-0.15, -0.1) is 11.8 Å².